The molecule has 9 heteroatoms. The van der Waals surface area contributed by atoms with E-state index in [4.69, 9.17) is 0 Å². The zero-order valence-electron chi connectivity index (χ0n) is 20.4. The summed E-state index contributed by atoms with van der Waals surface area (Å²) in [6.45, 7) is 3.44. The highest BCUT2D eigenvalue weighted by Crippen LogP contribution is 2.41. The number of Topliss-reactive ketones (excluding diaryl/α,β-unsaturated/α-hetero) is 1. The fourth-order valence-corrected chi connectivity index (χ4v) is 4.92. The van der Waals surface area contributed by atoms with Crippen LogP contribution in [0.5, 0.6) is 0 Å². The molecule has 2 aliphatic rings. The Kier molecular flexibility index (Phi) is 6.62. The predicted molar refractivity (Wildman–Crippen MR) is 137 cm³/mol. The summed E-state index contributed by atoms with van der Waals surface area (Å²) in [5, 5.41) is 2.90. The Hall–Kier alpha value is -3.88. The quantitative estimate of drug-likeness (QED) is 0.373. The molecule has 1 atom stereocenters. The summed E-state index contributed by atoms with van der Waals surface area (Å²) < 4.78 is 39.8. The Morgan fingerprint density at radius 1 is 1.08 bits per heavy atom. The van der Waals surface area contributed by atoms with Crippen LogP contribution in [0.4, 0.5) is 35.2 Å². The third-order valence-electron chi connectivity index (χ3n) is 6.85. The van der Waals surface area contributed by atoms with Crippen LogP contribution in [0, 0.1) is 0 Å². The monoisotopic (exact) mass is 508 g/mol. The number of amides is 2. The first kappa shape index (κ1) is 24.8. The van der Waals surface area contributed by atoms with Gasteiger partial charge in [0.25, 0.3) is 0 Å². The maximum absolute atomic E-state index is 13.5. The van der Waals surface area contributed by atoms with Gasteiger partial charge in [0, 0.05) is 36.3 Å². The van der Waals surface area contributed by atoms with Gasteiger partial charge in [-0.3, -0.25) is 9.69 Å². The molecular formula is C28H27F3N4O2. The number of carbonyl (C=O) groups excluding carboxylic acids is 2. The fraction of sp³-hybridized carbons (Fsp3) is 0.321. The summed E-state index contributed by atoms with van der Waals surface area (Å²) >= 11 is 0. The lowest BCUT2D eigenvalue weighted by atomic mass is 10.1. The lowest BCUT2D eigenvalue weighted by Crippen LogP contribution is -2.48. The van der Waals surface area contributed by atoms with E-state index in [9.17, 15) is 22.8 Å². The highest BCUT2D eigenvalue weighted by molar-refractivity contribution is 6.05. The number of pyridine rings is 1. The molecule has 2 aliphatic heterocycles. The highest BCUT2D eigenvalue weighted by atomic mass is 19.4. The van der Waals surface area contributed by atoms with Gasteiger partial charge in [-0.2, -0.15) is 13.2 Å². The molecule has 0 unspecified atom stereocenters. The van der Waals surface area contributed by atoms with E-state index in [1.54, 1.807) is 41.3 Å². The van der Waals surface area contributed by atoms with E-state index in [2.05, 4.69) is 15.2 Å². The number of anilines is 3. The van der Waals surface area contributed by atoms with Crippen LogP contribution in [0.15, 0.2) is 60.7 Å². The molecule has 2 bridgehead atoms. The van der Waals surface area contributed by atoms with E-state index in [0.29, 0.717) is 41.3 Å². The van der Waals surface area contributed by atoms with E-state index in [0.717, 1.165) is 43.6 Å². The van der Waals surface area contributed by atoms with Gasteiger partial charge in [-0.15, -0.1) is 0 Å². The predicted octanol–water partition coefficient (Wildman–Crippen LogP) is 6.77. The number of hydrogen-bond donors (Lipinski definition) is 1. The molecule has 5 rings (SSSR count). The smallest absolute Gasteiger partial charge is 0.366 e. The average Bonchev–Trinajstić information content (AvgIpc) is 3.30. The van der Waals surface area contributed by atoms with Gasteiger partial charge >= 0.3 is 12.2 Å². The minimum atomic E-state index is -4.46. The van der Waals surface area contributed by atoms with Gasteiger partial charge in [0.05, 0.1) is 23.0 Å². The Morgan fingerprint density at radius 3 is 2.68 bits per heavy atom. The molecule has 1 N–H and O–H groups in total. The summed E-state index contributed by atoms with van der Waals surface area (Å²) in [4.78, 5) is 34.4. The van der Waals surface area contributed by atoms with E-state index < -0.39 is 11.7 Å². The van der Waals surface area contributed by atoms with Crippen LogP contribution in [-0.4, -0.2) is 35.9 Å². The maximum Gasteiger partial charge on any atom is 0.416 e. The number of unbranched alkanes of at least 4 members (excludes halogenated alkanes) is 1. The lowest BCUT2D eigenvalue weighted by molar-refractivity contribution is -0.137. The summed E-state index contributed by atoms with van der Waals surface area (Å²) in [5.74, 6) is 0.441. The zero-order chi connectivity index (χ0) is 26.2. The largest absolute Gasteiger partial charge is 0.416 e. The Balaban J connectivity index is 1.45. The standard InChI is InChI=1S/C28H27F3N4O2/c1-2-3-10-25(36)19-7-5-9-21(16-19)32-27(37)35-22-13-14-34(17-22)24-12-11-23(33-26(24)35)18-6-4-8-20(15-18)28(29,30)31/h4-9,11-12,15-16,22H,2-3,10,13-14,17H2,1H3,(H,32,37)/t22-/m0/s1. The van der Waals surface area contributed by atoms with Crippen molar-refractivity contribution in [2.24, 2.45) is 0 Å². The molecule has 2 amide bonds. The van der Waals surface area contributed by atoms with Crippen LogP contribution in [-0.2, 0) is 6.18 Å². The molecule has 192 valence electrons. The van der Waals surface area contributed by atoms with Gasteiger partial charge in [-0.05, 0) is 49.2 Å². The second kappa shape index (κ2) is 9.88. The van der Waals surface area contributed by atoms with Gasteiger partial charge in [-0.25, -0.2) is 9.78 Å². The molecule has 0 radical (unpaired) electrons. The van der Waals surface area contributed by atoms with Crippen molar-refractivity contribution in [3.63, 3.8) is 0 Å². The third-order valence-corrected chi connectivity index (χ3v) is 6.85. The molecule has 37 heavy (non-hydrogen) atoms. The van der Waals surface area contributed by atoms with Crippen molar-refractivity contribution in [1.82, 2.24) is 4.98 Å². The molecule has 1 saturated heterocycles. The minimum absolute atomic E-state index is 0.0279. The van der Waals surface area contributed by atoms with E-state index >= 15 is 0 Å². The number of hydrogen-bond acceptors (Lipinski definition) is 4. The number of alkyl halides is 3. The number of benzene rings is 2. The van der Waals surface area contributed by atoms with E-state index in [-0.39, 0.29) is 17.9 Å². The number of urea groups is 1. The SMILES string of the molecule is CCCCC(=O)c1cccc(NC(=O)N2c3nc(-c4cccc(C(F)(F)F)c4)ccc3N3CC[C@H]2C3)c1. The first-order chi connectivity index (χ1) is 17.7. The van der Waals surface area contributed by atoms with Crippen LogP contribution in [0.3, 0.4) is 0 Å². The van der Waals surface area contributed by atoms with E-state index in [1.165, 1.54) is 6.07 Å². The molecule has 1 fully saturated rings. The number of nitrogens with one attached hydrogen (secondary N) is 1. The Bertz CT molecular complexity index is 1340. The molecule has 3 heterocycles. The first-order valence-electron chi connectivity index (χ1n) is 12.4. The number of aromatic nitrogens is 1. The van der Waals surface area contributed by atoms with Gasteiger partial charge in [0.15, 0.2) is 11.6 Å². The van der Waals surface area contributed by atoms with Crippen LogP contribution in [0.1, 0.15) is 48.5 Å². The number of halogens is 3. The van der Waals surface area contributed by atoms with Crippen molar-refractivity contribution in [3.8, 4) is 11.3 Å². The molecule has 1 aromatic heterocycles. The van der Waals surface area contributed by atoms with Gasteiger partial charge in [0.1, 0.15) is 0 Å². The maximum atomic E-state index is 13.5. The molecule has 6 nitrogen and oxygen atoms in total. The number of ketones is 1. The number of nitrogens with zero attached hydrogens (tertiary/aromatic N) is 3. The summed E-state index contributed by atoms with van der Waals surface area (Å²) in [6, 6.07) is 14.9. The van der Waals surface area contributed by atoms with Gasteiger partial charge in [-0.1, -0.05) is 37.6 Å². The third kappa shape index (κ3) is 5.03. The van der Waals surface area contributed by atoms with Gasteiger partial charge in [0.2, 0.25) is 0 Å². The van der Waals surface area contributed by atoms with Crippen molar-refractivity contribution >= 4 is 29.0 Å². The summed E-state index contributed by atoms with van der Waals surface area (Å²) in [5.41, 5.74) is 1.74. The zero-order valence-corrected chi connectivity index (χ0v) is 20.4. The van der Waals surface area contributed by atoms with Crippen LogP contribution in [0.25, 0.3) is 11.3 Å². The van der Waals surface area contributed by atoms with Crippen molar-refractivity contribution in [1.29, 1.82) is 0 Å². The van der Waals surface area contributed by atoms with Crippen LogP contribution < -0.4 is 15.1 Å². The minimum Gasteiger partial charge on any atom is -0.366 e. The van der Waals surface area contributed by atoms with Crippen LogP contribution in [0.2, 0.25) is 0 Å². The molecule has 0 saturated carbocycles. The lowest BCUT2D eigenvalue weighted by Gasteiger charge is -2.36. The molecule has 0 spiro atoms. The fourth-order valence-electron chi connectivity index (χ4n) is 4.92. The molecule has 3 aromatic rings. The summed E-state index contributed by atoms with van der Waals surface area (Å²) in [7, 11) is 0. The second-order valence-corrected chi connectivity index (χ2v) is 9.41. The number of fused-ring (bicyclic) bond motifs is 4. The van der Waals surface area contributed by atoms with Crippen LogP contribution >= 0.6 is 0 Å². The molecular weight excluding hydrogens is 481 g/mol. The molecule has 2 aromatic carbocycles. The number of carbonyl (C=O) groups is 2. The topological polar surface area (TPSA) is 65.5 Å². The highest BCUT2D eigenvalue weighted by Gasteiger charge is 2.40. The average molecular weight is 509 g/mol. The second-order valence-electron chi connectivity index (χ2n) is 9.41. The van der Waals surface area contributed by atoms with Gasteiger partial charge < -0.3 is 10.2 Å². The van der Waals surface area contributed by atoms with Crippen molar-refractivity contribution in [2.75, 3.05) is 28.2 Å². The Morgan fingerprint density at radius 2 is 1.89 bits per heavy atom. The first-order valence-corrected chi connectivity index (χ1v) is 12.4. The van der Waals surface area contributed by atoms with Crippen molar-refractivity contribution < 1.29 is 22.8 Å². The molecule has 0 aliphatic carbocycles. The van der Waals surface area contributed by atoms with Crippen molar-refractivity contribution in [3.05, 3.63) is 71.8 Å². The normalized spacial score (nSPS) is 16.5. The summed E-state index contributed by atoms with van der Waals surface area (Å²) in [6.07, 6.45) is -1.54. The Labute approximate surface area is 213 Å². The van der Waals surface area contributed by atoms with E-state index in [1.807, 2.05) is 13.0 Å². The van der Waals surface area contributed by atoms with Crippen molar-refractivity contribution in [2.45, 2.75) is 44.8 Å². The number of rotatable bonds is 6.